The molecule has 3 N–H and O–H groups in total. The summed E-state index contributed by atoms with van der Waals surface area (Å²) in [6.45, 7) is 4.38. The van der Waals surface area contributed by atoms with E-state index in [0.29, 0.717) is 19.4 Å². The number of rotatable bonds is 5. The number of aromatic nitrogens is 1. The average molecular weight is 345 g/mol. The highest BCUT2D eigenvalue weighted by Gasteiger charge is 2.27. The van der Waals surface area contributed by atoms with Gasteiger partial charge in [0.25, 0.3) is 5.56 Å². The van der Waals surface area contributed by atoms with Gasteiger partial charge in [0.05, 0.1) is 11.5 Å². The molecule has 4 nitrogen and oxygen atoms in total. The van der Waals surface area contributed by atoms with Crippen LogP contribution in [0.2, 0.25) is 0 Å². The van der Waals surface area contributed by atoms with Crippen LogP contribution >= 0.6 is 0 Å². The van der Waals surface area contributed by atoms with Gasteiger partial charge in [0.1, 0.15) is 0 Å². The predicted octanol–water partition coefficient (Wildman–Crippen LogP) is 3.57. The number of hydrogen-bond donors (Lipinski definition) is 2. The van der Waals surface area contributed by atoms with Crippen molar-refractivity contribution in [2.45, 2.75) is 38.6 Å². The monoisotopic (exact) mass is 345 g/mol. The standard InChI is InChI=1S/C22H23N3O/c1-3-17-10-18-7-8-19(11-20(18)25-21(17)26)22(2,14-24)12-15-5-4-6-16(9-15)13-23/h4-11H,3,12-13,23H2,1-2H3,(H,25,26). The summed E-state index contributed by atoms with van der Waals surface area (Å²) in [5.74, 6) is 0. The van der Waals surface area contributed by atoms with E-state index >= 15 is 0 Å². The highest BCUT2D eigenvalue weighted by molar-refractivity contribution is 5.80. The van der Waals surface area contributed by atoms with E-state index < -0.39 is 5.41 Å². The van der Waals surface area contributed by atoms with Crippen molar-refractivity contribution in [3.05, 3.63) is 81.1 Å². The van der Waals surface area contributed by atoms with Crippen LogP contribution < -0.4 is 11.3 Å². The summed E-state index contributed by atoms with van der Waals surface area (Å²) in [7, 11) is 0. The number of fused-ring (bicyclic) bond motifs is 1. The Balaban J connectivity index is 2.03. The van der Waals surface area contributed by atoms with Gasteiger partial charge in [-0.05, 0) is 54.0 Å². The summed E-state index contributed by atoms with van der Waals surface area (Å²) in [5.41, 5.74) is 9.53. The van der Waals surface area contributed by atoms with E-state index in [1.54, 1.807) is 0 Å². The molecule has 3 aromatic rings. The lowest BCUT2D eigenvalue weighted by atomic mass is 9.78. The third-order valence-corrected chi connectivity index (χ3v) is 4.97. The first-order chi connectivity index (χ1) is 12.5. The third kappa shape index (κ3) is 3.40. The fourth-order valence-corrected chi connectivity index (χ4v) is 3.33. The van der Waals surface area contributed by atoms with Crippen molar-refractivity contribution in [2.75, 3.05) is 0 Å². The molecule has 1 unspecified atom stereocenters. The number of nitrogens with two attached hydrogens (primary N) is 1. The molecule has 0 bridgehead atoms. The maximum absolute atomic E-state index is 12.1. The molecule has 1 atom stereocenters. The Morgan fingerprint density at radius 2 is 1.92 bits per heavy atom. The number of pyridine rings is 1. The van der Waals surface area contributed by atoms with Crippen LogP contribution in [-0.2, 0) is 24.8 Å². The number of nitrogens with zero attached hydrogens (tertiary/aromatic N) is 1. The molecule has 0 aliphatic heterocycles. The number of aromatic amines is 1. The summed E-state index contributed by atoms with van der Waals surface area (Å²) in [5, 5.41) is 10.9. The van der Waals surface area contributed by atoms with Gasteiger partial charge in [0, 0.05) is 17.6 Å². The van der Waals surface area contributed by atoms with Crippen LogP contribution in [-0.4, -0.2) is 4.98 Å². The highest BCUT2D eigenvalue weighted by Crippen LogP contribution is 2.30. The molecule has 0 saturated carbocycles. The zero-order chi connectivity index (χ0) is 18.7. The van der Waals surface area contributed by atoms with E-state index in [4.69, 9.17) is 5.73 Å². The van der Waals surface area contributed by atoms with Crippen molar-refractivity contribution >= 4 is 10.9 Å². The molecule has 0 spiro atoms. The molecule has 132 valence electrons. The molecular weight excluding hydrogens is 322 g/mol. The van der Waals surface area contributed by atoms with Crippen molar-refractivity contribution in [1.29, 1.82) is 5.26 Å². The molecule has 0 aliphatic carbocycles. The molecule has 3 rings (SSSR count). The van der Waals surface area contributed by atoms with E-state index in [9.17, 15) is 10.1 Å². The van der Waals surface area contributed by atoms with Crippen LogP contribution in [0.5, 0.6) is 0 Å². The second kappa shape index (κ2) is 7.15. The molecule has 0 amide bonds. The van der Waals surface area contributed by atoms with Crippen molar-refractivity contribution < 1.29 is 0 Å². The second-order valence-corrected chi connectivity index (χ2v) is 6.92. The number of nitriles is 1. The second-order valence-electron chi connectivity index (χ2n) is 6.92. The molecule has 1 aromatic heterocycles. The fraction of sp³-hybridized carbons (Fsp3) is 0.273. The van der Waals surface area contributed by atoms with Crippen molar-refractivity contribution in [2.24, 2.45) is 5.73 Å². The first-order valence-corrected chi connectivity index (χ1v) is 8.84. The lowest BCUT2D eigenvalue weighted by Gasteiger charge is -2.23. The predicted molar refractivity (Wildman–Crippen MR) is 105 cm³/mol. The lowest BCUT2D eigenvalue weighted by Crippen LogP contribution is -2.23. The minimum absolute atomic E-state index is 0.0635. The first kappa shape index (κ1) is 17.9. The molecule has 1 heterocycles. The molecule has 0 radical (unpaired) electrons. The SMILES string of the molecule is CCc1cc2ccc(C(C)(C#N)Cc3cccc(CN)c3)cc2[nH]c1=O. The van der Waals surface area contributed by atoms with E-state index in [2.05, 4.69) is 11.1 Å². The van der Waals surface area contributed by atoms with Gasteiger partial charge in [-0.25, -0.2) is 0 Å². The molecular formula is C22H23N3O. The van der Waals surface area contributed by atoms with Gasteiger partial charge in [0.2, 0.25) is 0 Å². The van der Waals surface area contributed by atoms with Crippen molar-refractivity contribution in [3.8, 4) is 6.07 Å². The van der Waals surface area contributed by atoms with Crippen LogP contribution in [0.1, 0.15) is 36.1 Å². The van der Waals surface area contributed by atoms with Crippen LogP contribution in [0.4, 0.5) is 0 Å². The van der Waals surface area contributed by atoms with E-state index in [0.717, 1.165) is 33.2 Å². The Bertz CT molecular complexity index is 1050. The van der Waals surface area contributed by atoms with Crippen LogP contribution in [0.3, 0.4) is 0 Å². The molecule has 0 fully saturated rings. The Labute approximate surface area is 153 Å². The Hall–Kier alpha value is -2.90. The maximum Gasteiger partial charge on any atom is 0.251 e. The van der Waals surface area contributed by atoms with Crippen molar-refractivity contribution in [3.63, 3.8) is 0 Å². The van der Waals surface area contributed by atoms with E-state index in [1.807, 2.05) is 62.4 Å². The average Bonchev–Trinajstić information content (AvgIpc) is 2.67. The van der Waals surface area contributed by atoms with Gasteiger partial charge < -0.3 is 10.7 Å². The molecule has 2 aromatic carbocycles. The molecule has 0 saturated heterocycles. The molecule has 26 heavy (non-hydrogen) atoms. The Kier molecular flexibility index (Phi) is 4.92. The topological polar surface area (TPSA) is 82.7 Å². The quantitative estimate of drug-likeness (QED) is 0.741. The van der Waals surface area contributed by atoms with Gasteiger partial charge in [-0.1, -0.05) is 43.3 Å². The molecule has 0 aliphatic rings. The smallest absolute Gasteiger partial charge is 0.251 e. The lowest BCUT2D eigenvalue weighted by molar-refractivity contribution is 0.606. The third-order valence-electron chi connectivity index (χ3n) is 4.97. The number of hydrogen-bond acceptors (Lipinski definition) is 3. The van der Waals surface area contributed by atoms with Crippen LogP contribution in [0, 0.1) is 11.3 Å². The van der Waals surface area contributed by atoms with Crippen molar-refractivity contribution in [1.82, 2.24) is 4.98 Å². The highest BCUT2D eigenvalue weighted by atomic mass is 16.1. The summed E-state index contributed by atoms with van der Waals surface area (Å²) in [6, 6.07) is 18.3. The maximum atomic E-state index is 12.1. The zero-order valence-corrected chi connectivity index (χ0v) is 15.2. The number of benzene rings is 2. The Morgan fingerprint density at radius 3 is 2.62 bits per heavy atom. The van der Waals surface area contributed by atoms with Gasteiger partial charge >= 0.3 is 0 Å². The summed E-state index contributed by atoms with van der Waals surface area (Å²) < 4.78 is 0. The normalized spacial score (nSPS) is 13.3. The van der Waals surface area contributed by atoms with E-state index in [-0.39, 0.29) is 5.56 Å². The van der Waals surface area contributed by atoms with Gasteiger partial charge in [0.15, 0.2) is 0 Å². The summed E-state index contributed by atoms with van der Waals surface area (Å²) in [6.07, 6.45) is 1.28. The van der Waals surface area contributed by atoms with Gasteiger partial charge in [-0.3, -0.25) is 4.79 Å². The van der Waals surface area contributed by atoms with Crippen LogP contribution in [0.15, 0.2) is 53.3 Å². The van der Waals surface area contributed by atoms with Crippen LogP contribution in [0.25, 0.3) is 10.9 Å². The number of H-pyrrole nitrogens is 1. The summed E-state index contributed by atoms with van der Waals surface area (Å²) in [4.78, 5) is 15.1. The first-order valence-electron chi connectivity index (χ1n) is 8.84. The Morgan fingerprint density at radius 1 is 1.15 bits per heavy atom. The number of aryl methyl sites for hydroxylation is 1. The van der Waals surface area contributed by atoms with Gasteiger partial charge in [-0.2, -0.15) is 5.26 Å². The largest absolute Gasteiger partial charge is 0.326 e. The number of nitrogens with one attached hydrogen (secondary N) is 1. The minimum atomic E-state index is -0.693. The zero-order valence-electron chi connectivity index (χ0n) is 15.2. The summed E-state index contributed by atoms with van der Waals surface area (Å²) >= 11 is 0. The fourth-order valence-electron chi connectivity index (χ4n) is 3.33. The minimum Gasteiger partial charge on any atom is -0.326 e. The molecule has 4 heteroatoms. The van der Waals surface area contributed by atoms with E-state index in [1.165, 1.54) is 0 Å². The van der Waals surface area contributed by atoms with Gasteiger partial charge in [-0.15, -0.1) is 0 Å².